The third-order valence-corrected chi connectivity index (χ3v) is 27.4. The number of nitrogens with one attached hydrogen (secondary N) is 6. The molecular formula is C110H132Cl4N14O17. The van der Waals surface area contributed by atoms with Crippen molar-refractivity contribution in [3.63, 3.8) is 0 Å². The molecule has 13 aromatic rings. The van der Waals surface area contributed by atoms with Crippen LogP contribution in [0.5, 0.6) is 23.0 Å². The number of aryl methyl sites for hydroxylation is 1. The average molecular weight is 2060 g/mol. The standard InChI is InChI=1S/C29H38ClN3O5.C29H36ClN3O4.C27H34ClN3O5.C25H24ClN5O3/c1-35-16-5-14-31-13-3-4-17-37-23-9-6-21(7-10-23)28-27-24(25-20-22(30)8-11-26(25)32-27)12-15-33(28)29(34)38-19-18-36-2;1-35-18-19-37-29(34)33-16-12-24-25-20-22(30)8-11-26(25)31-27(24)28(33)21-6-9-23(10-7-21)36-17-5-4-15-32-13-2-3-14-32;1-34-16-17-36-27(33)31-13-10-22-23-18-20(28)6-9-24(23)30-25(22)26(31)19-4-7-21(8-5-19)35-15-3-2-11-29-12-14-32;1-2-33-25(32)31-12-10-20-21-14-18(26)6-9-22(21)29-23(20)24(31)17-4-7-19(8-5-17)34-13-3-11-30-16-27-15-28-30/h6-11,20,28,31-32H,3-5,12-19H2,1-2H3;6-11,20,28,31H,2-5,12-19H2,1H3;4-9,18,26,29-30,32H,2-3,10-17H2,1H3;2,4-9,14-16,24,29H,1,3,10-13H2. The first kappa shape index (κ1) is 107. The lowest BCUT2D eigenvalue weighted by Crippen LogP contribution is -2.41. The maximum absolute atomic E-state index is 13.1. The zero-order valence-electron chi connectivity index (χ0n) is 82.9. The number of hydrogen-bond donors (Lipinski definition) is 7. The van der Waals surface area contributed by atoms with Gasteiger partial charge in [-0.2, -0.15) is 5.10 Å². The summed E-state index contributed by atoms with van der Waals surface area (Å²) in [6.45, 7) is 18.7. The maximum atomic E-state index is 13.1. The molecule has 5 aromatic heterocycles. The van der Waals surface area contributed by atoms with Crippen molar-refractivity contribution in [1.29, 1.82) is 0 Å². The molecule has 4 atom stereocenters. The summed E-state index contributed by atoms with van der Waals surface area (Å²) in [5, 5.41) is 26.6. The number of H-pyrrole nitrogens is 4. The Morgan fingerprint density at radius 1 is 0.379 bits per heavy atom. The maximum Gasteiger partial charge on any atom is 0.415 e. The number of benzene rings is 8. The zero-order chi connectivity index (χ0) is 101. The fourth-order valence-electron chi connectivity index (χ4n) is 19.4. The molecule has 10 heterocycles. The minimum absolute atomic E-state index is 0.153. The summed E-state index contributed by atoms with van der Waals surface area (Å²) in [6, 6.07) is 53.9. The van der Waals surface area contributed by atoms with Crippen LogP contribution < -0.4 is 29.6 Å². The summed E-state index contributed by atoms with van der Waals surface area (Å²) in [5.41, 5.74) is 16.6. The van der Waals surface area contributed by atoms with E-state index in [-0.39, 0.29) is 68.9 Å². The highest BCUT2D eigenvalue weighted by Crippen LogP contribution is 2.46. The van der Waals surface area contributed by atoms with Gasteiger partial charge in [0.15, 0.2) is 0 Å². The van der Waals surface area contributed by atoms with Crippen molar-refractivity contribution in [2.45, 2.75) is 121 Å². The van der Waals surface area contributed by atoms with E-state index in [0.717, 1.165) is 208 Å². The smallest absolute Gasteiger partial charge is 0.415 e. The quantitative estimate of drug-likeness (QED) is 0.0106. The number of ether oxygens (including phenoxy) is 12. The minimum atomic E-state index is -0.434. The lowest BCUT2D eigenvalue weighted by atomic mass is 9.92. The van der Waals surface area contributed by atoms with Gasteiger partial charge in [0.2, 0.25) is 0 Å². The summed E-state index contributed by atoms with van der Waals surface area (Å²) >= 11 is 25.2. The van der Waals surface area contributed by atoms with E-state index in [9.17, 15) is 19.2 Å². The van der Waals surface area contributed by atoms with Gasteiger partial charge in [0.25, 0.3) is 0 Å². The van der Waals surface area contributed by atoms with Crippen LogP contribution in [0.4, 0.5) is 19.2 Å². The van der Waals surface area contributed by atoms with Crippen LogP contribution >= 0.6 is 46.4 Å². The number of carbonyl (C=O) groups is 4. The number of aliphatic hydroxyl groups excluding tert-OH is 1. The number of likely N-dealkylation sites (tertiary alicyclic amines) is 1. The van der Waals surface area contributed by atoms with Crippen LogP contribution in [0.2, 0.25) is 20.1 Å². The lowest BCUT2D eigenvalue weighted by Gasteiger charge is -2.35. The molecule has 772 valence electrons. The van der Waals surface area contributed by atoms with Crippen LogP contribution in [0.1, 0.15) is 156 Å². The second-order valence-electron chi connectivity index (χ2n) is 36.0. The van der Waals surface area contributed by atoms with Crippen molar-refractivity contribution in [3.8, 4) is 23.0 Å². The molecule has 0 aliphatic carbocycles. The largest absolute Gasteiger partial charge is 0.494 e. The van der Waals surface area contributed by atoms with Gasteiger partial charge in [0.1, 0.15) is 79.6 Å². The summed E-state index contributed by atoms with van der Waals surface area (Å²) in [4.78, 5) is 79.7. The molecular weight excluding hydrogens is 1930 g/mol. The number of methoxy groups -OCH3 is 4. The van der Waals surface area contributed by atoms with Crippen LogP contribution in [0, 0.1) is 0 Å². The molecule has 4 amide bonds. The van der Waals surface area contributed by atoms with E-state index in [1.54, 1.807) is 59.0 Å². The van der Waals surface area contributed by atoms with E-state index in [2.05, 4.69) is 52.1 Å². The Balaban J connectivity index is 0.000000145. The van der Waals surface area contributed by atoms with Crippen LogP contribution in [0.15, 0.2) is 195 Å². The topological polar surface area (TPSA) is 333 Å². The molecule has 0 radical (unpaired) electrons. The third kappa shape index (κ3) is 28.6. The Kier molecular flexibility index (Phi) is 40.6. The van der Waals surface area contributed by atoms with Crippen molar-refractivity contribution in [2.75, 3.05) is 180 Å². The predicted octanol–water partition coefficient (Wildman–Crippen LogP) is 20.5. The van der Waals surface area contributed by atoms with Gasteiger partial charge in [-0.3, -0.25) is 24.3 Å². The molecule has 5 aliphatic heterocycles. The van der Waals surface area contributed by atoms with Gasteiger partial charge in [-0.1, -0.05) is 102 Å². The number of fused-ring (bicyclic) bond motifs is 12. The van der Waals surface area contributed by atoms with Gasteiger partial charge in [0, 0.05) is 167 Å². The number of aromatic amines is 4. The van der Waals surface area contributed by atoms with Crippen molar-refractivity contribution >= 4 is 114 Å². The number of aromatic nitrogens is 7. The number of rotatable bonds is 43. The van der Waals surface area contributed by atoms with Crippen LogP contribution in [-0.4, -0.2) is 268 Å². The van der Waals surface area contributed by atoms with Crippen LogP contribution in [-0.2, 0) is 70.1 Å². The Bertz CT molecular complexity index is 6300. The molecule has 0 saturated carbocycles. The van der Waals surface area contributed by atoms with Crippen molar-refractivity contribution in [3.05, 3.63) is 283 Å². The van der Waals surface area contributed by atoms with Crippen molar-refractivity contribution in [1.82, 2.24) is 69.8 Å². The molecule has 0 spiro atoms. The van der Waals surface area contributed by atoms with E-state index in [4.69, 9.17) is 108 Å². The predicted molar refractivity (Wildman–Crippen MR) is 564 cm³/mol. The van der Waals surface area contributed by atoms with Gasteiger partial charge in [-0.05, 0) is 289 Å². The summed E-state index contributed by atoms with van der Waals surface area (Å²) in [6.07, 6.45) is 16.4. The van der Waals surface area contributed by atoms with Crippen LogP contribution in [0.3, 0.4) is 0 Å². The van der Waals surface area contributed by atoms with Gasteiger partial charge in [-0.15, -0.1) is 0 Å². The highest BCUT2D eigenvalue weighted by atomic mass is 35.5. The average Bonchev–Trinajstić information content (AvgIpc) is 1.62. The highest BCUT2D eigenvalue weighted by molar-refractivity contribution is 6.32. The summed E-state index contributed by atoms with van der Waals surface area (Å²) < 4.78 is 67.4. The minimum Gasteiger partial charge on any atom is -0.494 e. The van der Waals surface area contributed by atoms with E-state index >= 15 is 0 Å². The van der Waals surface area contributed by atoms with Crippen molar-refractivity contribution in [2.24, 2.45) is 0 Å². The van der Waals surface area contributed by atoms with Crippen molar-refractivity contribution < 1.29 is 81.1 Å². The Labute approximate surface area is 865 Å². The normalized spacial score (nSPS) is 15.8. The number of amides is 4. The highest BCUT2D eigenvalue weighted by Gasteiger charge is 2.41. The monoisotopic (exact) mass is 2060 g/mol. The number of halogens is 4. The Morgan fingerprint density at radius 2 is 0.703 bits per heavy atom. The first-order chi connectivity index (χ1) is 71.0. The van der Waals surface area contributed by atoms with Crippen LogP contribution in [0.25, 0.3) is 43.6 Å². The molecule has 0 bridgehead atoms. The molecule has 7 N–H and O–H groups in total. The second kappa shape index (κ2) is 54.9. The van der Waals surface area contributed by atoms with E-state index in [0.29, 0.717) is 118 Å². The number of hydrogen-bond acceptors (Lipinski definition) is 22. The number of carbonyl (C=O) groups excluding carboxylic acids is 4. The lowest BCUT2D eigenvalue weighted by molar-refractivity contribution is 0.0626. The fourth-order valence-corrected chi connectivity index (χ4v) is 20.1. The molecule has 8 aromatic carbocycles. The molecule has 18 rings (SSSR count). The van der Waals surface area contributed by atoms with Gasteiger partial charge in [0.05, 0.1) is 59.1 Å². The fraction of sp³-hybridized carbons (Fsp3) is 0.418. The molecule has 145 heavy (non-hydrogen) atoms. The van der Waals surface area contributed by atoms with E-state index < -0.39 is 6.09 Å². The number of nitrogens with zero attached hydrogens (tertiary/aromatic N) is 8. The molecule has 35 heteroatoms. The number of unbranched alkanes of at least 4 members (excludes halogenated alkanes) is 3. The third-order valence-electron chi connectivity index (χ3n) is 26.4. The summed E-state index contributed by atoms with van der Waals surface area (Å²) in [5.74, 6) is 3.21. The van der Waals surface area contributed by atoms with Gasteiger partial charge >= 0.3 is 24.4 Å². The Morgan fingerprint density at radius 3 is 1.03 bits per heavy atom. The first-order valence-electron chi connectivity index (χ1n) is 50.0. The number of aliphatic hydroxyl groups is 1. The first-order valence-corrected chi connectivity index (χ1v) is 51.6. The zero-order valence-corrected chi connectivity index (χ0v) is 85.9. The second-order valence-corrected chi connectivity index (χ2v) is 37.8. The Hall–Kier alpha value is -12.1. The molecule has 5 aliphatic rings. The molecule has 1 saturated heterocycles. The van der Waals surface area contributed by atoms with E-state index in [1.165, 1.54) is 61.1 Å². The van der Waals surface area contributed by atoms with Gasteiger partial charge < -0.3 is 97.4 Å². The summed E-state index contributed by atoms with van der Waals surface area (Å²) in [7, 11) is 6.49. The van der Waals surface area contributed by atoms with Gasteiger partial charge in [-0.25, -0.2) is 24.2 Å². The SMILES string of the molecule is C=COC(=O)N1CCc2c([nH]c3ccc(Cl)cc23)C1c1ccc(OCCCn2cncn2)cc1.COCCCNCCCCOc1ccc(C2c3[nH]c4ccc(Cl)cc4c3CCN2C(=O)OCCOC)cc1.COCCOC(=O)N1CCc2c([nH]c3ccc(Cl)cc23)C1c1ccc(OCCCCN2CCCC2)cc1.COCCOC(=O)N1CCc2c([nH]c3ccc(Cl)cc23)C1c1ccc(OCCCCNCCO)cc1. The molecule has 1 fully saturated rings. The molecule has 4 unspecified atom stereocenters. The molecule has 31 nitrogen and oxygen atoms in total. The van der Waals surface area contributed by atoms with E-state index in [1.807, 2.05) is 170 Å².